The lowest BCUT2D eigenvalue weighted by Gasteiger charge is -2.41. The molecule has 1 atom stereocenters. The van der Waals surface area contributed by atoms with E-state index in [4.69, 9.17) is 0 Å². The van der Waals surface area contributed by atoms with E-state index >= 15 is 0 Å². The smallest absolute Gasteiger partial charge is 0.256 e. The molecule has 3 aromatic rings. The molecule has 2 aliphatic rings. The molecule has 1 fully saturated rings. The summed E-state index contributed by atoms with van der Waals surface area (Å²) in [6.45, 7) is 3.05. The van der Waals surface area contributed by atoms with Crippen LogP contribution in [-0.2, 0) is 4.79 Å². The lowest BCUT2D eigenvalue weighted by molar-refractivity contribution is -0.105. The van der Waals surface area contributed by atoms with Gasteiger partial charge < -0.3 is 15.5 Å². The maximum Gasteiger partial charge on any atom is 0.256 e. The third-order valence-corrected chi connectivity index (χ3v) is 6.37. The van der Waals surface area contributed by atoms with E-state index < -0.39 is 0 Å². The van der Waals surface area contributed by atoms with Crippen LogP contribution < -0.4 is 15.5 Å². The van der Waals surface area contributed by atoms with E-state index in [0.29, 0.717) is 23.2 Å². The number of carbonyl (C=O) groups is 2. The van der Waals surface area contributed by atoms with E-state index in [0.717, 1.165) is 48.7 Å². The maximum absolute atomic E-state index is 12.9. The molecule has 2 N–H and O–H groups in total. The van der Waals surface area contributed by atoms with Gasteiger partial charge in [-0.05, 0) is 41.5 Å². The molecular weight excluding hydrogens is 414 g/mol. The van der Waals surface area contributed by atoms with Gasteiger partial charge in [0.25, 0.3) is 5.91 Å². The topological polar surface area (TPSA) is 88.5 Å². The van der Waals surface area contributed by atoms with Crippen molar-refractivity contribution in [3.05, 3.63) is 89.0 Å². The number of nitrogens with zero attached hydrogens (tertiary/aromatic N) is 3. The first-order chi connectivity index (χ1) is 16.2. The van der Waals surface area contributed by atoms with Crippen molar-refractivity contribution in [1.29, 1.82) is 5.26 Å². The molecule has 2 heterocycles. The van der Waals surface area contributed by atoms with Gasteiger partial charge in [0.05, 0.1) is 17.3 Å². The molecule has 0 saturated carbocycles. The molecule has 1 saturated heterocycles. The first-order valence-corrected chi connectivity index (χ1v) is 10.9. The number of carbonyl (C=O) groups excluding carboxylic acids is 2. The van der Waals surface area contributed by atoms with Crippen LogP contribution in [0.2, 0.25) is 0 Å². The minimum Gasteiger partial charge on any atom is -0.368 e. The van der Waals surface area contributed by atoms with Crippen molar-refractivity contribution in [2.75, 3.05) is 41.7 Å². The number of amides is 2. The number of nitriles is 1. The zero-order chi connectivity index (χ0) is 22.8. The van der Waals surface area contributed by atoms with Crippen LogP contribution in [0, 0.1) is 11.3 Å². The number of piperazine rings is 1. The molecule has 0 aliphatic carbocycles. The Labute approximate surface area is 192 Å². The van der Waals surface area contributed by atoms with Gasteiger partial charge in [-0.25, -0.2) is 0 Å². The zero-order valence-corrected chi connectivity index (χ0v) is 18.0. The Morgan fingerprint density at radius 1 is 0.970 bits per heavy atom. The van der Waals surface area contributed by atoms with Crippen LogP contribution in [0.15, 0.2) is 66.7 Å². The molecule has 0 aromatic heterocycles. The third kappa shape index (κ3) is 3.81. The number of anilines is 3. The Hall–Kier alpha value is -4.15. The molecule has 2 aliphatic heterocycles. The molecule has 7 heteroatoms. The van der Waals surface area contributed by atoms with Crippen molar-refractivity contribution in [2.24, 2.45) is 0 Å². The average Bonchev–Trinajstić information content (AvgIpc) is 2.98. The van der Waals surface area contributed by atoms with E-state index in [1.807, 2.05) is 54.6 Å². The quantitative estimate of drug-likeness (QED) is 0.609. The van der Waals surface area contributed by atoms with Gasteiger partial charge in [-0.2, -0.15) is 5.26 Å². The van der Waals surface area contributed by atoms with Gasteiger partial charge in [0.1, 0.15) is 6.07 Å². The summed E-state index contributed by atoms with van der Waals surface area (Å²) in [4.78, 5) is 28.2. The molecule has 1 unspecified atom stereocenters. The standard InChI is InChI=1S/C26H23N5O2/c27-16-18-15-19(28-17-32)9-10-24(18)30-11-13-31(14-12-30)25-20-5-1-2-6-21(20)26(33)29-23-8-4-3-7-22(23)25/h1-10,15,17,25H,11-14H2,(H,28,32)(H,29,33). The fraction of sp³-hybridized carbons (Fsp3) is 0.192. The number of hydrogen-bond donors (Lipinski definition) is 2. The third-order valence-electron chi connectivity index (χ3n) is 6.37. The molecule has 164 valence electrons. The van der Waals surface area contributed by atoms with E-state index in [2.05, 4.69) is 32.6 Å². The number of para-hydroxylation sites is 1. The number of benzene rings is 3. The van der Waals surface area contributed by atoms with Crippen LogP contribution in [0.5, 0.6) is 0 Å². The highest BCUT2D eigenvalue weighted by Crippen LogP contribution is 2.39. The van der Waals surface area contributed by atoms with E-state index in [1.54, 1.807) is 6.07 Å². The van der Waals surface area contributed by atoms with Crippen molar-refractivity contribution in [3.8, 4) is 6.07 Å². The summed E-state index contributed by atoms with van der Waals surface area (Å²) in [6.07, 6.45) is 0.608. The van der Waals surface area contributed by atoms with Crippen LogP contribution in [0.4, 0.5) is 17.1 Å². The van der Waals surface area contributed by atoms with Gasteiger partial charge in [0.15, 0.2) is 0 Å². The first kappa shape index (κ1) is 20.7. The summed E-state index contributed by atoms with van der Waals surface area (Å²) in [7, 11) is 0. The van der Waals surface area contributed by atoms with Gasteiger partial charge in [0, 0.05) is 43.1 Å². The molecule has 7 nitrogen and oxygen atoms in total. The van der Waals surface area contributed by atoms with Crippen molar-refractivity contribution in [3.63, 3.8) is 0 Å². The van der Waals surface area contributed by atoms with Gasteiger partial charge >= 0.3 is 0 Å². The van der Waals surface area contributed by atoms with Crippen molar-refractivity contribution < 1.29 is 9.59 Å². The largest absolute Gasteiger partial charge is 0.368 e. The van der Waals surface area contributed by atoms with Gasteiger partial charge in [-0.3, -0.25) is 14.5 Å². The predicted molar refractivity (Wildman–Crippen MR) is 127 cm³/mol. The van der Waals surface area contributed by atoms with E-state index in [1.165, 1.54) is 0 Å². The molecule has 0 radical (unpaired) electrons. The maximum atomic E-state index is 12.9. The summed E-state index contributed by atoms with van der Waals surface area (Å²) in [5.74, 6) is -0.0816. The van der Waals surface area contributed by atoms with Crippen molar-refractivity contribution in [2.45, 2.75) is 6.04 Å². The minimum absolute atomic E-state index is 0.0342. The minimum atomic E-state index is -0.0816. The summed E-state index contributed by atoms with van der Waals surface area (Å²) in [5.41, 5.74) is 5.65. The number of hydrogen-bond acceptors (Lipinski definition) is 5. The molecule has 5 rings (SSSR count). The van der Waals surface area contributed by atoms with Gasteiger partial charge in [-0.15, -0.1) is 0 Å². The Bertz CT molecular complexity index is 1260. The number of fused-ring (bicyclic) bond motifs is 2. The Kier molecular flexibility index (Phi) is 5.51. The highest BCUT2D eigenvalue weighted by Gasteiger charge is 2.33. The second kappa shape index (κ2) is 8.77. The molecule has 33 heavy (non-hydrogen) atoms. The SMILES string of the molecule is N#Cc1cc(NC=O)ccc1N1CCN(C2c3ccccc3NC(=O)c3ccccc32)CC1. The van der Waals surface area contributed by atoms with Gasteiger partial charge in [-0.1, -0.05) is 36.4 Å². The summed E-state index contributed by atoms with van der Waals surface area (Å²) < 4.78 is 0. The summed E-state index contributed by atoms with van der Waals surface area (Å²) in [5, 5.41) is 15.3. The van der Waals surface area contributed by atoms with Crippen LogP contribution in [0.1, 0.15) is 33.1 Å². The Balaban J connectivity index is 1.44. The monoisotopic (exact) mass is 437 g/mol. The average molecular weight is 438 g/mol. The zero-order valence-electron chi connectivity index (χ0n) is 18.0. The van der Waals surface area contributed by atoms with Crippen molar-refractivity contribution in [1.82, 2.24) is 4.90 Å². The fourth-order valence-corrected chi connectivity index (χ4v) is 4.82. The normalized spacial score (nSPS) is 17.7. The summed E-state index contributed by atoms with van der Waals surface area (Å²) in [6, 6.07) is 23.4. The molecule has 0 bridgehead atoms. The van der Waals surface area contributed by atoms with E-state index in [-0.39, 0.29) is 11.9 Å². The van der Waals surface area contributed by atoms with Crippen LogP contribution >= 0.6 is 0 Å². The Morgan fingerprint density at radius 3 is 2.45 bits per heavy atom. The van der Waals surface area contributed by atoms with Crippen molar-refractivity contribution >= 4 is 29.4 Å². The molecule has 3 aromatic carbocycles. The number of rotatable bonds is 4. The highest BCUT2D eigenvalue weighted by molar-refractivity contribution is 6.07. The summed E-state index contributed by atoms with van der Waals surface area (Å²) >= 11 is 0. The highest BCUT2D eigenvalue weighted by atomic mass is 16.1. The lowest BCUT2D eigenvalue weighted by Crippen LogP contribution is -2.48. The second-order valence-corrected chi connectivity index (χ2v) is 8.16. The lowest BCUT2D eigenvalue weighted by atomic mass is 9.93. The molecule has 2 amide bonds. The van der Waals surface area contributed by atoms with Crippen LogP contribution in [0.3, 0.4) is 0 Å². The molecule has 0 spiro atoms. The second-order valence-electron chi connectivity index (χ2n) is 8.16. The van der Waals surface area contributed by atoms with Gasteiger partial charge in [0.2, 0.25) is 6.41 Å². The molecular formula is C26H23N5O2. The van der Waals surface area contributed by atoms with Crippen LogP contribution in [-0.4, -0.2) is 43.4 Å². The number of nitrogens with one attached hydrogen (secondary N) is 2. The Morgan fingerprint density at radius 2 is 1.70 bits per heavy atom. The van der Waals surface area contributed by atoms with Crippen LogP contribution in [0.25, 0.3) is 0 Å². The fourth-order valence-electron chi connectivity index (χ4n) is 4.82. The van der Waals surface area contributed by atoms with E-state index in [9.17, 15) is 14.9 Å². The predicted octanol–water partition coefficient (Wildman–Crippen LogP) is 3.60. The first-order valence-electron chi connectivity index (χ1n) is 10.9.